The Labute approximate surface area is 312 Å². The number of nitrogens with one attached hydrogen (secondary N) is 2. The molecule has 1 aliphatic rings. The predicted molar refractivity (Wildman–Crippen MR) is 211 cm³/mol. The number of hydrogen-bond donors (Lipinski definition) is 4. The van der Waals surface area contributed by atoms with E-state index in [1.165, 1.54) is 16.3 Å². The molecular formula is C44H50N4O5. The number of likely N-dealkylation sites (N-methyl/N-ethyl adjacent to an activating group) is 1. The summed E-state index contributed by atoms with van der Waals surface area (Å²) in [6, 6.07) is 37.9. The molecule has 1 aliphatic heterocycles. The van der Waals surface area contributed by atoms with E-state index in [0.717, 1.165) is 23.1 Å². The number of anilines is 3. The highest BCUT2D eigenvalue weighted by molar-refractivity contribution is 5.93. The molecule has 9 heteroatoms. The van der Waals surface area contributed by atoms with Gasteiger partial charge in [-0.1, -0.05) is 91.3 Å². The van der Waals surface area contributed by atoms with Crippen LogP contribution in [0.3, 0.4) is 0 Å². The second kappa shape index (κ2) is 18.1. The first-order chi connectivity index (χ1) is 25.7. The topological polar surface area (TPSA) is 126 Å². The third kappa shape index (κ3) is 10.3. The highest BCUT2D eigenvalue weighted by atomic mass is 16.7. The van der Waals surface area contributed by atoms with Crippen LogP contribution in [0.1, 0.15) is 86.1 Å². The van der Waals surface area contributed by atoms with Crippen molar-refractivity contribution in [1.29, 1.82) is 0 Å². The largest absolute Gasteiger partial charge is 0.397 e. The van der Waals surface area contributed by atoms with Crippen LogP contribution in [0.4, 0.5) is 17.1 Å². The molecule has 0 aliphatic carbocycles. The molecule has 2 amide bonds. The number of nitrogens with two attached hydrogens (primary N) is 1. The Morgan fingerprint density at radius 3 is 2.26 bits per heavy atom. The van der Waals surface area contributed by atoms with Gasteiger partial charge in [0.25, 0.3) is 0 Å². The van der Waals surface area contributed by atoms with Crippen molar-refractivity contribution >= 4 is 39.6 Å². The van der Waals surface area contributed by atoms with Crippen molar-refractivity contribution in [2.45, 2.75) is 76.6 Å². The summed E-state index contributed by atoms with van der Waals surface area (Å²) in [4.78, 5) is 27.5. The van der Waals surface area contributed by atoms with Crippen molar-refractivity contribution in [2.24, 2.45) is 0 Å². The molecule has 5 N–H and O–H groups in total. The van der Waals surface area contributed by atoms with Crippen molar-refractivity contribution in [1.82, 2.24) is 4.90 Å². The van der Waals surface area contributed by atoms with Crippen molar-refractivity contribution in [3.8, 4) is 0 Å². The zero-order valence-electron chi connectivity index (χ0n) is 30.5. The van der Waals surface area contributed by atoms with Crippen LogP contribution in [0.25, 0.3) is 10.8 Å². The normalized spacial score (nSPS) is 17.8. The molecule has 4 unspecified atom stereocenters. The van der Waals surface area contributed by atoms with E-state index in [-0.39, 0.29) is 36.7 Å². The average Bonchev–Trinajstić information content (AvgIpc) is 3.18. The number of aliphatic hydroxyl groups is 1. The second-order valence-corrected chi connectivity index (χ2v) is 13.9. The highest BCUT2D eigenvalue weighted by Crippen LogP contribution is 2.39. The third-order valence-electron chi connectivity index (χ3n) is 10.0. The minimum atomic E-state index is -0.644. The minimum Gasteiger partial charge on any atom is -0.397 e. The molecule has 53 heavy (non-hydrogen) atoms. The summed E-state index contributed by atoms with van der Waals surface area (Å²) in [5.74, 6) is -0.174. The summed E-state index contributed by atoms with van der Waals surface area (Å²) in [6.45, 7) is 2.90. The van der Waals surface area contributed by atoms with Crippen LogP contribution in [-0.4, -0.2) is 41.5 Å². The van der Waals surface area contributed by atoms with Crippen LogP contribution >= 0.6 is 0 Å². The Morgan fingerprint density at radius 2 is 1.51 bits per heavy atom. The Bertz CT molecular complexity index is 1980. The highest BCUT2D eigenvalue weighted by Gasteiger charge is 2.33. The maximum atomic E-state index is 12.9. The van der Waals surface area contributed by atoms with Gasteiger partial charge in [0.15, 0.2) is 6.29 Å². The minimum absolute atomic E-state index is 0.0159. The lowest BCUT2D eigenvalue weighted by molar-refractivity contribution is -0.253. The van der Waals surface area contributed by atoms with Gasteiger partial charge in [0, 0.05) is 43.1 Å². The molecule has 0 aromatic heterocycles. The Hall–Kier alpha value is -5.06. The lowest BCUT2D eigenvalue weighted by atomic mass is 9.98. The molecule has 0 radical (unpaired) electrons. The third-order valence-corrected chi connectivity index (χ3v) is 10.0. The van der Waals surface area contributed by atoms with Crippen LogP contribution in [-0.2, 0) is 25.7 Å². The van der Waals surface area contributed by atoms with E-state index in [1.54, 1.807) is 12.1 Å². The van der Waals surface area contributed by atoms with E-state index < -0.39 is 6.29 Å². The zero-order valence-corrected chi connectivity index (χ0v) is 30.5. The fourth-order valence-corrected chi connectivity index (χ4v) is 6.79. The Morgan fingerprint density at radius 1 is 0.792 bits per heavy atom. The summed E-state index contributed by atoms with van der Waals surface area (Å²) < 4.78 is 13.3. The number of amides is 2. The van der Waals surface area contributed by atoms with Gasteiger partial charge in [-0.05, 0) is 84.6 Å². The number of ether oxygens (including phenoxy) is 2. The Kier molecular flexibility index (Phi) is 12.9. The van der Waals surface area contributed by atoms with E-state index in [0.29, 0.717) is 55.7 Å². The second-order valence-electron chi connectivity index (χ2n) is 13.9. The van der Waals surface area contributed by atoms with Crippen LogP contribution in [0.2, 0.25) is 0 Å². The molecule has 276 valence electrons. The van der Waals surface area contributed by atoms with Gasteiger partial charge in [0.1, 0.15) is 0 Å². The smallest absolute Gasteiger partial charge is 0.224 e. The molecule has 1 saturated heterocycles. The lowest BCUT2D eigenvalue weighted by Gasteiger charge is -2.39. The standard InChI is InChI=1S/C44H50N4O5/c1-30(34-24-23-32-11-6-7-12-35(32)25-34)48(2)28-38-27-41(33-21-19-31(29-49)20-22-33)53-44(52-38)36-13-10-14-37(26-36)46-42(50)17-4-3-5-18-43(51)47-40-16-9-8-15-39(40)45/h6-16,19-26,30,38,41,44,49H,3-5,17-18,27-29,45H2,1-2H3,(H,46,50)(H,47,51). The maximum Gasteiger partial charge on any atom is 0.224 e. The summed E-state index contributed by atoms with van der Waals surface area (Å²) in [7, 11) is 2.13. The summed E-state index contributed by atoms with van der Waals surface area (Å²) in [6.07, 6.45) is 2.50. The molecule has 5 aromatic carbocycles. The summed E-state index contributed by atoms with van der Waals surface area (Å²) in [5, 5.41) is 17.9. The lowest BCUT2D eigenvalue weighted by Crippen LogP contribution is -2.38. The number of para-hydroxylation sites is 2. The molecule has 0 bridgehead atoms. The monoisotopic (exact) mass is 714 g/mol. The first kappa shape index (κ1) is 37.7. The molecule has 6 rings (SSSR count). The molecular weight excluding hydrogens is 665 g/mol. The quantitative estimate of drug-likeness (QED) is 0.0632. The molecule has 9 nitrogen and oxygen atoms in total. The predicted octanol–water partition coefficient (Wildman–Crippen LogP) is 8.68. The fourth-order valence-electron chi connectivity index (χ4n) is 6.79. The number of carbonyl (C=O) groups excluding carboxylic acids is 2. The average molecular weight is 715 g/mol. The van der Waals surface area contributed by atoms with Crippen molar-refractivity contribution < 1.29 is 24.2 Å². The number of rotatable bonds is 15. The number of aliphatic hydroxyl groups excluding tert-OH is 1. The van der Waals surface area contributed by atoms with Gasteiger partial charge >= 0.3 is 0 Å². The van der Waals surface area contributed by atoms with Crippen LogP contribution in [0, 0.1) is 0 Å². The van der Waals surface area contributed by atoms with Gasteiger partial charge < -0.3 is 30.9 Å². The van der Waals surface area contributed by atoms with Crippen molar-refractivity contribution in [2.75, 3.05) is 30.0 Å². The van der Waals surface area contributed by atoms with Crippen LogP contribution < -0.4 is 16.4 Å². The number of unbranched alkanes of at least 4 members (excludes halogenated alkanes) is 2. The number of fused-ring (bicyclic) bond motifs is 1. The van der Waals surface area contributed by atoms with Gasteiger partial charge in [-0.15, -0.1) is 0 Å². The molecule has 5 aromatic rings. The molecule has 0 saturated carbocycles. The first-order valence-electron chi connectivity index (χ1n) is 18.5. The fraction of sp³-hybridized carbons (Fsp3) is 0.318. The van der Waals surface area contributed by atoms with Gasteiger partial charge in [-0.25, -0.2) is 0 Å². The molecule has 1 heterocycles. The van der Waals surface area contributed by atoms with E-state index in [4.69, 9.17) is 15.2 Å². The zero-order chi connectivity index (χ0) is 37.2. The van der Waals surface area contributed by atoms with Gasteiger partial charge in [0.2, 0.25) is 11.8 Å². The number of carbonyl (C=O) groups is 2. The number of benzene rings is 5. The first-order valence-corrected chi connectivity index (χ1v) is 18.5. The van der Waals surface area contributed by atoms with Gasteiger partial charge in [0.05, 0.1) is 30.2 Å². The molecule has 1 fully saturated rings. The van der Waals surface area contributed by atoms with Gasteiger partial charge in [-0.3, -0.25) is 14.5 Å². The van der Waals surface area contributed by atoms with E-state index in [2.05, 4.69) is 72.0 Å². The molecule has 0 spiro atoms. The molecule has 4 atom stereocenters. The maximum absolute atomic E-state index is 12.9. The van der Waals surface area contributed by atoms with Crippen LogP contribution in [0.15, 0.2) is 115 Å². The summed E-state index contributed by atoms with van der Waals surface area (Å²) >= 11 is 0. The van der Waals surface area contributed by atoms with Gasteiger partial charge in [-0.2, -0.15) is 0 Å². The number of hydrogen-bond acceptors (Lipinski definition) is 7. The van der Waals surface area contributed by atoms with E-state index >= 15 is 0 Å². The summed E-state index contributed by atoms with van der Waals surface area (Å²) in [5.41, 5.74) is 11.7. The number of nitrogen functional groups attached to an aromatic ring is 1. The number of nitrogens with zero attached hydrogens (tertiary/aromatic N) is 1. The van der Waals surface area contributed by atoms with E-state index in [1.807, 2.05) is 60.7 Å². The Balaban J connectivity index is 1.06. The van der Waals surface area contributed by atoms with E-state index in [9.17, 15) is 14.7 Å². The van der Waals surface area contributed by atoms with Crippen molar-refractivity contribution in [3.63, 3.8) is 0 Å². The van der Waals surface area contributed by atoms with Crippen LogP contribution in [0.5, 0.6) is 0 Å². The van der Waals surface area contributed by atoms with Crippen molar-refractivity contribution in [3.05, 3.63) is 138 Å². The SMILES string of the molecule is CC(c1ccc2ccccc2c1)N(C)CC1CC(c2ccc(CO)cc2)OC(c2cccc(NC(=O)CCCCCC(=O)Nc3ccccc3N)c2)O1.